The lowest BCUT2D eigenvalue weighted by Gasteiger charge is -2.47. The molecule has 9 heteroatoms. The first-order chi connectivity index (χ1) is 22.3. The van der Waals surface area contributed by atoms with Crippen LogP contribution in [0.4, 0.5) is 11.4 Å². The van der Waals surface area contributed by atoms with Gasteiger partial charge in [-0.3, -0.25) is 9.35 Å². The predicted molar refractivity (Wildman–Crippen MR) is 183 cm³/mol. The fourth-order valence-electron chi connectivity index (χ4n) is 9.08. The number of nitrogens with zero attached hydrogens (tertiary/aromatic N) is 2. The Labute approximate surface area is 278 Å². The van der Waals surface area contributed by atoms with E-state index in [2.05, 4.69) is 55.4 Å². The van der Waals surface area contributed by atoms with Crippen LogP contribution in [0.15, 0.2) is 53.1 Å². The summed E-state index contributed by atoms with van der Waals surface area (Å²) >= 11 is 0. The first-order valence-corrected chi connectivity index (χ1v) is 18.8. The van der Waals surface area contributed by atoms with Crippen LogP contribution in [-0.2, 0) is 32.2 Å². The van der Waals surface area contributed by atoms with Crippen molar-refractivity contribution in [2.75, 3.05) is 24.5 Å². The average molecular weight is 660 g/mol. The fourth-order valence-corrected chi connectivity index (χ4v) is 9.59. The summed E-state index contributed by atoms with van der Waals surface area (Å²) in [5, 5.41) is 9.17. The molecule has 47 heavy (non-hydrogen) atoms. The molecular weight excluding hydrogens is 612 g/mol. The number of carboxylic acids is 1. The molecule has 0 radical (unpaired) electrons. The molecule has 0 bridgehead atoms. The molecule has 4 aliphatic heterocycles. The second-order valence-electron chi connectivity index (χ2n) is 15.1. The lowest BCUT2D eigenvalue weighted by Crippen LogP contribution is -2.46. The highest BCUT2D eigenvalue weighted by molar-refractivity contribution is 7.85. The number of hydrogen-bond donors (Lipinski definition) is 2. The Kier molecular flexibility index (Phi) is 7.94. The molecule has 2 atom stereocenters. The molecule has 8 nitrogen and oxygen atoms in total. The number of carboxylic acid groups (broad SMARTS) is 1. The van der Waals surface area contributed by atoms with Crippen molar-refractivity contribution in [2.45, 2.75) is 107 Å². The second-order valence-corrected chi connectivity index (χ2v) is 16.5. The van der Waals surface area contributed by atoms with Crippen LogP contribution in [0.3, 0.4) is 0 Å². The van der Waals surface area contributed by atoms with Crippen LogP contribution in [-0.4, -0.2) is 54.0 Å². The summed E-state index contributed by atoms with van der Waals surface area (Å²) in [6, 6.07) is 7.35. The van der Waals surface area contributed by atoms with Crippen LogP contribution in [0.25, 0.3) is 0 Å². The number of carbonyl (C=O) groups is 1. The number of anilines is 1. The van der Waals surface area contributed by atoms with Crippen LogP contribution in [0.2, 0.25) is 0 Å². The Morgan fingerprint density at radius 3 is 2.64 bits per heavy atom. The van der Waals surface area contributed by atoms with E-state index in [9.17, 15) is 17.8 Å². The monoisotopic (exact) mass is 659 g/mol. The van der Waals surface area contributed by atoms with E-state index in [1.165, 1.54) is 34.0 Å². The zero-order valence-electron chi connectivity index (χ0n) is 28.0. The van der Waals surface area contributed by atoms with Gasteiger partial charge in [0.05, 0.1) is 22.0 Å². The molecule has 0 saturated carbocycles. The highest BCUT2D eigenvalue weighted by Gasteiger charge is 2.56. The molecule has 250 valence electrons. The van der Waals surface area contributed by atoms with Gasteiger partial charge in [-0.1, -0.05) is 19.9 Å². The van der Waals surface area contributed by atoms with E-state index in [0.717, 1.165) is 80.7 Å². The number of ether oxygens (including phenoxy) is 1. The number of fused-ring (bicyclic) bond motifs is 4. The zero-order valence-corrected chi connectivity index (χ0v) is 28.8. The SMILES string of the molecule is CC(C)CC1CCN2CCCc3cc4c(c1c32)OC=CC41CC=C1C1=[N+](CCCCCC(=O)O)c2ccc(S(=O)(=O)O)cc2C1(C)C. The second kappa shape index (κ2) is 11.6. The summed E-state index contributed by atoms with van der Waals surface area (Å²) in [7, 11) is -4.38. The van der Waals surface area contributed by atoms with Gasteiger partial charge < -0.3 is 14.7 Å². The van der Waals surface area contributed by atoms with E-state index in [4.69, 9.17) is 9.84 Å². The van der Waals surface area contributed by atoms with Crippen molar-refractivity contribution >= 4 is 33.2 Å². The molecule has 2 aromatic rings. The number of aryl methyl sites for hydroxylation is 1. The van der Waals surface area contributed by atoms with Gasteiger partial charge in [0.25, 0.3) is 10.1 Å². The number of aliphatic carboxylic acids is 1. The first kappa shape index (κ1) is 32.1. The van der Waals surface area contributed by atoms with Crippen molar-refractivity contribution in [3.8, 4) is 5.75 Å². The van der Waals surface area contributed by atoms with Gasteiger partial charge in [0.1, 0.15) is 12.3 Å². The van der Waals surface area contributed by atoms with Gasteiger partial charge in [-0.2, -0.15) is 13.0 Å². The van der Waals surface area contributed by atoms with Crippen molar-refractivity contribution in [1.29, 1.82) is 0 Å². The highest BCUT2D eigenvalue weighted by Crippen LogP contribution is 2.59. The molecule has 0 saturated heterocycles. The number of hydrogen-bond acceptors (Lipinski definition) is 5. The summed E-state index contributed by atoms with van der Waals surface area (Å²) in [6.45, 7) is 11.8. The quantitative estimate of drug-likeness (QED) is 0.155. The minimum Gasteiger partial charge on any atom is -0.481 e. The number of allylic oxidation sites excluding steroid dienone is 3. The maximum absolute atomic E-state index is 12.2. The van der Waals surface area contributed by atoms with Gasteiger partial charge in [-0.25, -0.2) is 0 Å². The molecule has 7 rings (SSSR count). The van der Waals surface area contributed by atoms with Crippen molar-refractivity contribution in [3.63, 3.8) is 0 Å². The van der Waals surface area contributed by atoms with Crippen LogP contribution >= 0.6 is 0 Å². The summed E-state index contributed by atoms with van der Waals surface area (Å²) in [5.41, 5.74) is 8.68. The zero-order chi connectivity index (χ0) is 33.3. The number of unbranched alkanes of at least 4 members (excludes halogenated alkanes) is 2. The fraction of sp³-hybridized carbons (Fsp3) is 0.526. The van der Waals surface area contributed by atoms with Gasteiger partial charge in [-0.15, -0.1) is 0 Å². The van der Waals surface area contributed by atoms with Gasteiger partial charge in [0, 0.05) is 59.9 Å². The third kappa shape index (κ3) is 5.25. The van der Waals surface area contributed by atoms with E-state index in [0.29, 0.717) is 24.8 Å². The molecule has 2 aromatic carbocycles. The molecule has 1 spiro atoms. The molecule has 4 heterocycles. The molecule has 2 unspecified atom stereocenters. The molecule has 0 fully saturated rings. The average Bonchev–Trinajstić information content (AvgIpc) is 3.21. The standard InChI is InChI=1S/C38H46N2O6S/c1-24(2)21-25-14-19-39-17-8-9-26-22-30-35(33(25)34(26)39)46-20-16-38(30)15-13-28(38)36-37(3,4)29-23-27(47(43,44)45)11-12-31(29)40(36)18-7-5-6-10-32(41)42/h11-13,16,20,22-25H,5-10,14-15,17-19,21H2,1-4H3,(H-,41,42,43,44,45)/p+1. The van der Waals surface area contributed by atoms with Crippen molar-refractivity contribution in [1.82, 2.24) is 0 Å². The van der Waals surface area contributed by atoms with Crippen molar-refractivity contribution < 1.29 is 32.2 Å². The molecule has 1 aliphatic carbocycles. The summed E-state index contributed by atoms with van der Waals surface area (Å²) in [4.78, 5) is 13.6. The Bertz CT molecular complexity index is 1850. The highest BCUT2D eigenvalue weighted by atomic mass is 32.2. The van der Waals surface area contributed by atoms with Crippen LogP contribution in [0.1, 0.15) is 107 Å². The summed E-state index contributed by atoms with van der Waals surface area (Å²) < 4.78 is 43.3. The Hall–Kier alpha value is -3.43. The Morgan fingerprint density at radius 2 is 1.94 bits per heavy atom. The van der Waals surface area contributed by atoms with Gasteiger partial charge in [0.15, 0.2) is 5.71 Å². The van der Waals surface area contributed by atoms with E-state index < -0.39 is 21.5 Å². The Balaban J connectivity index is 1.36. The number of benzene rings is 2. The topological polar surface area (TPSA) is 107 Å². The van der Waals surface area contributed by atoms with E-state index in [1.807, 2.05) is 12.3 Å². The van der Waals surface area contributed by atoms with Crippen LogP contribution < -0.4 is 9.64 Å². The predicted octanol–water partition coefficient (Wildman–Crippen LogP) is 7.41. The van der Waals surface area contributed by atoms with Crippen molar-refractivity contribution in [3.05, 3.63) is 70.5 Å². The first-order valence-electron chi connectivity index (χ1n) is 17.3. The minimum absolute atomic E-state index is 0.105. The largest absolute Gasteiger partial charge is 0.481 e. The van der Waals surface area contributed by atoms with Crippen molar-refractivity contribution in [2.24, 2.45) is 5.92 Å². The molecule has 2 N–H and O–H groups in total. The lowest BCUT2D eigenvalue weighted by molar-refractivity contribution is -0.439. The number of rotatable bonds is 10. The minimum atomic E-state index is -4.38. The Morgan fingerprint density at radius 1 is 1.13 bits per heavy atom. The van der Waals surface area contributed by atoms with Gasteiger partial charge >= 0.3 is 5.97 Å². The lowest BCUT2D eigenvalue weighted by atomic mass is 9.58. The normalized spacial score (nSPS) is 23.7. The third-order valence-electron chi connectivity index (χ3n) is 11.2. The maximum Gasteiger partial charge on any atom is 0.303 e. The molecule has 0 amide bonds. The van der Waals surface area contributed by atoms with Crippen LogP contribution in [0.5, 0.6) is 5.75 Å². The molecular formula is C38H47N2O6S+. The smallest absolute Gasteiger partial charge is 0.303 e. The molecule has 0 aromatic heterocycles. The summed E-state index contributed by atoms with van der Waals surface area (Å²) in [5.74, 6) is 1.27. The van der Waals surface area contributed by atoms with Gasteiger partial charge in [0.2, 0.25) is 5.69 Å². The third-order valence-corrected chi connectivity index (χ3v) is 12.1. The van der Waals surface area contributed by atoms with E-state index >= 15 is 0 Å². The van der Waals surface area contributed by atoms with Gasteiger partial charge in [-0.05, 0) is 100 Å². The van der Waals surface area contributed by atoms with Crippen LogP contribution in [0, 0.1) is 5.92 Å². The van der Waals surface area contributed by atoms with E-state index in [1.54, 1.807) is 6.07 Å². The molecule has 5 aliphatic rings. The maximum atomic E-state index is 12.2. The summed E-state index contributed by atoms with van der Waals surface area (Å²) in [6.07, 6.45) is 14.1. The van der Waals surface area contributed by atoms with E-state index in [-0.39, 0.29) is 16.7 Å².